The van der Waals surface area contributed by atoms with Crippen LogP contribution >= 0.6 is 0 Å². The number of benzene rings is 1. The molecule has 2 saturated heterocycles. The number of nitrogens with zero attached hydrogens (tertiary/aromatic N) is 4. The molecule has 11 heteroatoms. The molecule has 1 aromatic heterocycles. The molecule has 0 bridgehead atoms. The molecule has 0 amide bonds. The number of fused-ring (bicyclic) bond motifs is 1. The highest BCUT2D eigenvalue weighted by atomic mass is 19.4. The van der Waals surface area contributed by atoms with E-state index in [2.05, 4.69) is 20.9 Å². The molecule has 0 radical (unpaired) electrons. The van der Waals surface area contributed by atoms with Crippen molar-refractivity contribution >= 4 is 11.9 Å². The van der Waals surface area contributed by atoms with Crippen LogP contribution in [0.4, 0.5) is 19.1 Å². The van der Waals surface area contributed by atoms with Gasteiger partial charge in [0, 0.05) is 37.3 Å². The van der Waals surface area contributed by atoms with E-state index in [1.54, 1.807) is 24.5 Å². The SMILES string of the molecule is N#Cc1cccc(OC[C@@H]2CO[C@@H]3CN(c4ncccn4)C[C@H]23)c1.O=C(O)C(F)(F)F. The molecule has 4 rings (SSSR count). The third kappa shape index (κ3) is 5.82. The summed E-state index contributed by atoms with van der Waals surface area (Å²) in [5.74, 6) is -0.495. The van der Waals surface area contributed by atoms with Crippen molar-refractivity contribution in [2.24, 2.45) is 11.8 Å². The summed E-state index contributed by atoms with van der Waals surface area (Å²) in [5.41, 5.74) is 0.612. The van der Waals surface area contributed by atoms with Crippen LogP contribution in [0.15, 0.2) is 42.7 Å². The molecule has 31 heavy (non-hydrogen) atoms. The van der Waals surface area contributed by atoms with Gasteiger partial charge in [0.1, 0.15) is 5.75 Å². The van der Waals surface area contributed by atoms with Crippen molar-refractivity contribution in [2.75, 3.05) is 31.2 Å². The Morgan fingerprint density at radius 2 is 2.00 bits per heavy atom. The van der Waals surface area contributed by atoms with Gasteiger partial charge in [-0.15, -0.1) is 0 Å². The first kappa shape index (κ1) is 22.3. The summed E-state index contributed by atoms with van der Waals surface area (Å²) in [6, 6.07) is 11.2. The Balaban J connectivity index is 0.000000339. The molecule has 0 spiro atoms. The van der Waals surface area contributed by atoms with Crippen LogP contribution < -0.4 is 9.64 Å². The molecule has 8 nitrogen and oxygen atoms in total. The Morgan fingerprint density at radius 3 is 2.65 bits per heavy atom. The molecule has 1 aromatic carbocycles. The van der Waals surface area contributed by atoms with Crippen molar-refractivity contribution in [3.05, 3.63) is 48.3 Å². The number of carboxylic acid groups (broad SMARTS) is 1. The number of aromatic nitrogens is 2. The maximum Gasteiger partial charge on any atom is 0.490 e. The minimum atomic E-state index is -5.08. The Morgan fingerprint density at radius 1 is 1.29 bits per heavy atom. The van der Waals surface area contributed by atoms with E-state index in [-0.39, 0.29) is 6.10 Å². The summed E-state index contributed by atoms with van der Waals surface area (Å²) in [5, 5.41) is 16.1. The number of aliphatic carboxylic acids is 1. The van der Waals surface area contributed by atoms with E-state index in [0.29, 0.717) is 24.0 Å². The number of anilines is 1. The molecule has 3 heterocycles. The fourth-order valence-corrected chi connectivity index (χ4v) is 3.45. The monoisotopic (exact) mass is 436 g/mol. The molecule has 1 N–H and O–H groups in total. The number of alkyl halides is 3. The number of hydrogen-bond donors (Lipinski definition) is 1. The minimum absolute atomic E-state index is 0.216. The lowest BCUT2D eigenvalue weighted by Gasteiger charge is -2.19. The number of ether oxygens (including phenoxy) is 2. The zero-order valence-corrected chi connectivity index (χ0v) is 16.2. The number of carboxylic acids is 1. The highest BCUT2D eigenvalue weighted by molar-refractivity contribution is 5.73. The lowest BCUT2D eigenvalue weighted by atomic mass is 9.94. The highest BCUT2D eigenvalue weighted by Gasteiger charge is 2.44. The molecule has 2 aliphatic rings. The average molecular weight is 436 g/mol. The second kappa shape index (κ2) is 9.61. The molecular weight excluding hydrogens is 417 g/mol. The van der Waals surface area contributed by atoms with E-state index < -0.39 is 12.1 Å². The van der Waals surface area contributed by atoms with Crippen LogP contribution in [-0.4, -0.2) is 59.6 Å². The number of rotatable bonds is 4. The van der Waals surface area contributed by atoms with E-state index in [1.807, 2.05) is 18.2 Å². The molecule has 3 atom stereocenters. The molecule has 164 valence electrons. The van der Waals surface area contributed by atoms with Gasteiger partial charge in [-0.25, -0.2) is 14.8 Å². The Labute approximate surface area is 175 Å². The van der Waals surface area contributed by atoms with Gasteiger partial charge in [-0.3, -0.25) is 0 Å². The van der Waals surface area contributed by atoms with E-state index in [0.717, 1.165) is 31.4 Å². The minimum Gasteiger partial charge on any atom is -0.493 e. The zero-order chi connectivity index (χ0) is 22.4. The Hall–Kier alpha value is -3.39. The summed E-state index contributed by atoms with van der Waals surface area (Å²) in [6.07, 6.45) is -1.34. The molecule has 2 aliphatic heterocycles. The van der Waals surface area contributed by atoms with Crippen LogP contribution in [0.1, 0.15) is 5.56 Å². The number of nitriles is 1. The van der Waals surface area contributed by atoms with Gasteiger partial charge in [0.2, 0.25) is 5.95 Å². The van der Waals surface area contributed by atoms with E-state index in [1.165, 1.54) is 0 Å². The maximum atomic E-state index is 10.6. The van der Waals surface area contributed by atoms with Gasteiger partial charge in [0.15, 0.2) is 0 Å². The van der Waals surface area contributed by atoms with Crippen LogP contribution in [-0.2, 0) is 9.53 Å². The second-order valence-electron chi connectivity index (χ2n) is 7.00. The quantitative estimate of drug-likeness (QED) is 0.779. The number of halogens is 3. The van der Waals surface area contributed by atoms with E-state index >= 15 is 0 Å². The summed E-state index contributed by atoms with van der Waals surface area (Å²) in [6.45, 7) is 3.03. The van der Waals surface area contributed by atoms with Crippen LogP contribution in [0.2, 0.25) is 0 Å². The first-order chi connectivity index (χ1) is 14.8. The fraction of sp³-hybridized carbons (Fsp3) is 0.400. The van der Waals surface area contributed by atoms with Crippen molar-refractivity contribution in [3.8, 4) is 11.8 Å². The van der Waals surface area contributed by atoms with Gasteiger partial charge >= 0.3 is 12.1 Å². The smallest absolute Gasteiger partial charge is 0.490 e. The van der Waals surface area contributed by atoms with Gasteiger partial charge in [0.05, 0.1) is 31.0 Å². The first-order valence-electron chi connectivity index (χ1n) is 9.34. The van der Waals surface area contributed by atoms with Crippen LogP contribution in [0.3, 0.4) is 0 Å². The van der Waals surface area contributed by atoms with Gasteiger partial charge in [-0.05, 0) is 24.3 Å². The second-order valence-corrected chi connectivity index (χ2v) is 7.00. The predicted molar refractivity (Wildman–Crippen MR) is 101 cm³/mol. The Kier molecular flexibility index (Phi) is 6.91. The normalized spacial score (nSPS) is 22.1. The zero-order valence-electron chi connectivity index (χ0n) is 16.2. The summed E-state index contributed by atoms with van der Waals surface area (Å²) in [7, 11) is 0. The third-order valence-corrected chi connectivity index (χ3v) is 4.94. The van der Waals surface area contributed by atoms with Gasteiger partial charge in [-0.2, -0.15) is 18.4 Å². The van der Waals surface area contributed by atoms with Crippen LogP contribution in [0.5, 0.6) is 5.75 Å². The molecule has 0 aliphatic carbocycles. The van der Waals surface area contributed by atoms with E-state index in [9.17, 15) is 13.2 Å². The largest absolute Gasteiger partial charge is 0.493 e. The van der Waals surface area contributed by atoms with Crippen LogP contribution in [0, 0.1) is 23.2 Å². The third-order valence-electron chi connectivity index (χ3n) is 4.94. The van der Waals surface area contributed by atoms with Crippen molar-refractivity contribution in [1.29, 1.82) is 5.26 Å². The predicted octanol–water partition coefficient (Wildman–Crippen LogP) is 2.51. The number of carbonyl (C=O) groups is 1. The maximum absolute atomic E-state index is 10.6. The number of hydrogen-bond acceptors (Lipinski definition) is 7. The topological polar surface area (TPSA) is 109 Å². The van der Waals surface area contributed by atoms with Gasteiger partial charge < -0.3 is 19.5 Å². The van der Waals surface area contributed by atoms with Crippen molar-refractivity contribution < 1.29 is 32.5 Å². The summed E-state index contributed by atoms with van der Waals surface area (Å²) in [4.78, 5) is 19.7. The van der Waals surface area contributed by atoms with Gasteiger partial charge in [0.25, 0.3) is 0 Å². The van der Waals surface area contributed by atoms with Crippen molar-refractivity contribution in [2.45, 2.75) is 12.3 Å². The van der Waals surface area contributed by atoms with Crippen LogP contribution in [0.25, 0.3) is 0 Å². The molecule has 0 unspecified atom stereocenters. The summed E-state index contributed by atoms with van der Waals surface area (Å²) < 4.78 is 43.6. The highest BCUT2D eigenvalue weighted by Crippen LogP contribution is 2.35. The standard InChI is InChI=1S/C18H18N4O2.C2HF3O2/c19-8-13-3-1-4-15(7-13)23-11-14-12-24-17-10-22(9-16(14)17)18-20-5-2-6-21-18;3-2(4,5)1(6)7/h1-7,14,16-17H,9-12H2;(H,6,7)/t14-,16-,17-;/m1./s1. The summed E-state index contributed by atoms with van der Waals surface area (Å²) >= 11 is 0. The lowest BCUT2D eigenvalue weighted by Crippen LogP contribution is -2.27. The molecular formula is C20H19F3N4O4. The first-order valence-corrected chi connectivity index (χ1v) is 9.34. The molecule has 0 saturated carbocycles. The average Bonchev–Trinajstić information content (AvgIpc) is 3.34. The van der Waals surface area contributed by atoms with Gasteiger partial charge in [-0.1, -0.05) is 6.07 Å². The van der Waals surface area contributed by atoms with E-state index in [4.69, 9.17) is 24.6 Å². The molecule has 2 aromatic rings. The lowest BCUT2D eigenvalue weighted by molar-refractivity contribution is -0.192. The fourth-order valence-electron chi connectivity index (χ4n) is 3.45. The van der Waals surface area contributed by atoms with Crippen molar-refractivity contribution in [3.63, 3.8) is 0 Å². The Bertz CT molecular complexity index is 936. The molecule has 2 fully saturated rings. The van der Waals surface area contributed by atoms with Crippen molar-refractivity contribution in [1.82, 2.24) is 9.97 Å².